The summed E-state index contributed by atoms with van der Waals surface area (Å²) in [6, 6.07) is 8.71. The van der Waals surface area contributed by atoms with Gasteiger partial charge in [0.25, 0.3) is 0 Å². The third-order valence-corrected chi connectivity index (χ3v) is 4.31. The lowest BCUT2D eigenvalue weighted by Crippen LogP contribution is -2.16. The van der Waals surface area contributed by atoms with Crippen LogP contribution >= 0.6 is 0 Å². The van der Waals surface area contributed by atoms with E-state index < -0.39 is 0 Å². The summed E-state index contributed by atoms with van der Waals surface area (Å²) in [6.07, 6.45) is 4.90. The summed E-state index contributed by atoms with van der Waals surface area (Å²) in [4.78, 5) is 4.39. The monoisotopic (exact) mass is 299 g/mol. The number of pyridine rings is 1. The molecular weight excluding hydrogens is 277 g/mol. The van der Waals surface area contributed by atoms with Gasteiger partial charge in [-0.15, -0.1) is 0 Å². The van der Waals surface area contributed by atoms with E-state index in [1.54, 1.807) is 12.3 Å². The Kier molecular flexibility index (Phi) is 4.39. The first kappa shape index (κ1) is 15.0. The molecule has 1 aliphatic heterocycles. The highest BCUT2D eigenvalue weighted by atomic mass is 19.1. The molecule has 0 amide bonds. The zero-order chi connectivity index (χ0) is 15.5. The standard InChI is InChI=1S/C18H22FN3/c1-12-3-2-4-16(20)18-9-13(7-8-21-18)15-10-14(19)5-6-17(15)22-11-12/h5-10,12,16,22H,2-4,11,20H2,1H3/t12-,16+/m1/s1. The molecule has 1 aromatic heterocycles. The Morgan fingerprint density at radius 1 is 1.23 bits per heavy atom. The number of rotatable bonds is 0. The number of nitrogens with zero attached hydrogens (tertiary/aromatic N) is 1. The third kappa shape index (κ3) is 3.28. The highest BCUT2D eigenvalue weighted by Crippen LogP contribution is 2.31. The molecule has 0 unspecified atom stereocenters. The van der Waals surface area contributed by atoms with Gasteiger partial charge in [0, 0.05) is 30.0 Å². The van der Waals surface area contributed by atoms with Gasteiger partial charge >= 0.3 is 0 Å². The average molecular weight is 299 g/mol. The van der Waals surface area contributed by atoms with E-state index in [4.69, 9.17) is 5.73 Å². The van der Waals surface area contributed by atoms with Gasteiger partial charge in [0.05, 0.1) is 5.69 Å². The Balaban J connectivity index is 2.08. The predicted molar refractivity (Wildman–Crippen MR) is 88.1 cm³/mol. The number of aromatic nitrogens is 1. The summed E-state index contributed by atoms with van der Waals surface area (Å²) < 4.78 is 13.7. The van der Waals surface area contributed by atoms with E-state index in [2.05, 4.69) is 17.2 Å². The van der Waals surface area contributed by atoms with E-state index in [1.165, 1.54) is 6.07 Å². The second-order valence-electron chi connectivity index (χ2n) is 6.18. The number of hydrogen-bond donors (Lipinski definition) is 2. The van der Waals surface area contributed by atoms with Crippen LogP contribution in [0, 0.1) is 11.7 Å². The van der Waals surface area contributed by atoms with Crippen molar-refractivity contribution in [2.75, 3.05) is 11.9 Å². The van der Waals surface area contributed by atoms with Crippen molar-refractivity contribution < 1.29 is 4.39 Å². The third-order valence-electron chi connectivity index (χ3n) is 4.31. The van der Waals surface area contributed by atoms with Gasteiger partial charge in [0.1, 0.15) is 5.82 Å². The summed E-state index contributed by atoms with van der Waals surface area (Å²) in [7, 11) is 0. The summed E-state index contributed by atoms with van der Waals surface area (Å²) in [5.74, 6) is 0.319. The van der Waals surface area contributed by atoms with Gasteiger partial charge in [0.2, 0.25) is 0 Å². The fourth-order valence-corrected chi connectivity index (χ4v) is 2.95. The first-order valence-corrected chi connectivity index (χ1v) is 7.89. The number of hydrogen-bond acceptors (Lipinski definition) is 3. The molecule has 2 bridgehead atoms. The van der Waals surface area contributed by atoms with Crippen molar-refractivity contribution in [3.05, 3.63) is 48.0 Å². The van der Waals surface area contributed by atoms with Gasteiger partial charge in [-0.3, -0.25) is 4.98 Å². The second-order valence-corrected chi connectivity index (χ2v) is 6.18. The van der Waals surface area contributed by atoms with Crippen LogP contribution < -0.4 is 11.1 Å². The molecule has 3 N–H and O–H groups in total. The Bertz CT molecular complexity index is 657. The van der Waals surface area contributed by atoms with E-state index in [1.807, 2.05) is 18.2 Å². The molecule has 3 rings (SSSR count). The van der Waals surface area contributed by atoms with Crippen LogP contribution in [-0.4, -0.2) is 11.5 Å². The average Bonchev–Trinajstić information content (AvgIpc) is 2.53. The maximum absolute atomic E-state index is 13.7. The SMILES string of the molecule is C[C@@H]1CCC[C@H](N)c2cc(ccn2)-c2cc(F)ccc2NC1. The van der Waals surface area contributed by atoms with Gasteiger partial charge in [-0.1, -0.05) is 13.3 Å². The number of fused-ring (bicyclic) bond motifs is 4. The lowest BCUT2D eigenvalue weighted by molar-refractivity contribution is 0.488. The highest BCUT2D eigenvalue weighted by Gasteiger charge is 2.14. The first-order chi connectivity index (χ1) is 10.6. The minimum Gasteiger partial charge on any atom is -0.384 e. The Labute approximate surface area is 130 Å². The molecule has 0 saturated carbocycles. The van der Waals surface area contributed by atoms with Crippen molar-refractivity contribution >= 4 is 5.69 Å². The molecular formula is C18H22FN3. The lowest BCUT2D eigenvalue weighted by atomic mass is 9.96. The normalized spacial score (nSPS) is 22.0. The van der Waals surface area contributed by atoms with E-state index in [0.29, 0.717) is 5.92 Å². The van der Waals surface area contributed by atoms with Crippen LogP contribution in [0.25, 0.3) is 11.1 Å². The number of halogens is 1. The number of nitrogens with one attached hydrogen (secondary N) is 1. The van der Waals surface area contributed by atoms with Crippen LogP contribution in [0.4, 0.5) is 10.1 Å². The minimum atomic E-state index is -0.233. The highest BCUT2D eigenvalue weighted by molar-refractivity contribution is 5.78. The zero-order valence-corrected chi connectivity index (χ0v) is 12.8. The second kappa shape index (κ2) is 6.44. The van der Waals surface area contributed by atoms with E-state index in [9.17, 15) is 4.39 Å². The van der Waals surface area contributed by atoms with Gasteiger partial charge in [-0.25, -0.2) is 4.39 Å². The molecule has 2 atom stereocenters. The maximum Gasteiger partial charge on any atom is 0.123 e. The molecule has 3 nitrogen and oxygen atoms in total. The molecule has 22 heavy (non-hydrogen) atoms. The van der Waals surface area contributed by atoms with E-state index in [0.717, 1.165) is 48.3 Å². The topological polar surface area (TPSA) is 50.9 Å². The lowest BCUT2D eigenvalue weighted by Gasteiger charge is -2.20. The van der Waals surface area contributed by atoms with Gasteiger partial charge in [0.15, 0.2) is 0 Å². The molecule has 0 radical (unpaired) electrons. The van der Waals surface area contributed by atoms with Crippen LogP contribution in [0.2, 0.25) is 0 Å². The molecule has 0 aliphatic carbocycles. The Morgan fingerprint density at radius 2 is 2.09 bits per heavy atom. The van der Waals surface area contributed by atoms with Crippen LogP contribution in [-0.2, 0) is 0 Å². The predicted octanol–water partition coefficient (Wildman–Crippen LogP) is 4.12. The largest absolute Gasteiger partial charge is 0.384 e. The van der Waals surface area contributed by atoms with Crippen molar-refractivity contribution in [2.24, 2.45) is 11.7 Å². The Morgan fingerprint density at radius 3 is 2.95 bits per heavy atom. The molecule has 0 fully saturated rings. The number of benzene rings is 1. The number of nitrogens with two attached hydrogens (primary N) is 1. The van der Waals surface area contributed by atoms with Gasteiger partial charge in [-0.2, -0.15) is 0 Å². The van der Waals surface area contributed by atoms with E-state index >= 15 is 0 Å². The fourth-order valence-electron chi connectivity index (χ4n) is 2.95. The van der Waals surface area contributed by atoms with Crippen LogP contribution in [0.1, 0.15) is 37.9 Å². The zero-order valence-electron chi connectivity index (χ0n) is 12.8. The van der Waals surface area contributed by atoms with Crippen LogP contribution in [0.3, 0.4) is 0 Å². The minimum absolute atomic E-state index is 0.0588. The maximum atomic E-state index is 13.7. The van der Waals surface area contributed by atoms with Gasteiger partial charge in [-0.05, 0) is 54.7 Å². The van der Waals surface area contributed by atoms with Gasteiger partial charge < -0.3 is 11.1 Å². The van der Waals surface area contributed by atoms with Crippen molar-refractivity contribution in [3.8, 4) is 11.1 Å². The molecule has 2 aromatic rings. The quantitative estimate of drug-likeness (QED) is 0.769. The van der Waals surface area contributed by atoms with Crippen molar-refractivity contribution in [3.63, 3.8) is 0 Å². The summed E-state index contributed by atoms with van der Waals surface area (Å²) >= 11 is 0. The van der Waals surface area contributed by atoms with Crippen molar-refractivity contribution in [2.45, 2.75) is 32.2 Å². The first-order valence-electron chi connectivity index (χ1n) is 7.89. The Hall–Kier alpha value is -1.94. The van der Waals surface area contributed by atoms with E-state index in [-0.39, 0.29) is 11.9 Å². The number of anilines is 1. The molecule has 0 spiro atoms. The summed E-state index contributed by atoms with van der Waals surface area (Å²) in [5.41, 5.74) is 9.91. The summed E-state index contributed by atoms with van der Waals surface area (Å²) in [5, 5.41) is 3.46. The molecule has 0 saturated heterocycles. The molecule has 116 valence electrons. The smallest absolute Gasteiger partial charge is 0.123 e. The fraction of sp³-hybridized carbons (Fsp3) is 0.389. The molecule has 1 aliphatic rings. The summed E-state index contributed by atoms with van der Waals surface area (Å²) in [6.45, 7) is 3.11. The van der Waals surface area contributed by atoms with Crippen molar-refractivity contribution in [1.29, 1.82) is 0 Å². The van der Waals surface area contributed by atoms with Crippen molar-refractivity contribution in [1.82, 2.24) is 4.98 Å². The molecule has 4 heteroatoms. The van der Waals surface area contributed by atoms with Crippen LogP contribution in [0.5, 0.6) is 0 Å². The molecule has 1 aromatic carbocycles. The molecule has 2 heterocycles. The van der Waals surface area contributed by atoms with Crippen LogP contribution in [0.15, 0.2) is 36.5 Å².